The van der Waals surface area contributed by atoms with Gasteiger partial charge < -0.3 is 15.1 Å². The minimum absolute atomic E-state index is 0.0305. The second kappa shape index (κ2) is 7.59. The van der Waals surface area contributed by atoms with E-state index in [-0.39, 0.29) is 16.6 Å². The van der Waals surface area contributed by atoms with Crippen LogP contribution in [0.2, 0.25) is 5.02 Å². The van der Waals surface area contributed by atoms with Gasteiger partial charge in [0.25, 0.3) is 0 Å². The predicted molar refractivity (Wildman–Crippen MR) is 96.2 cm³/mol. The summed E-state index contributed by atoms with van der Waals surface area (Å²) in [5.74, 6) is 1.04. The minimum atomic E-state index is -4.54. The summed E-state index contributed by atoms with van der Waals surface area (Å²) < 4.78 is 39.0. The van der Waals surface area contributed by atoms with Crippen LogP contribution in [0.25, 0.3) is 0 Å². The highest BCUT2D eigenvalue weighted by Crippen LogP contribution is 2.36. The highest BCUT2D eigenvalue weighted by Gasteiger charge is 2.33. The molecular formula is C17H17ClF3N5O. The van der Waals surface area contributed by atoms with Crippen LogP contribution < -0.4 is 10.2 Å². The lowest BCUT2D eigenvalue weighted by Crippen LogP contribution is -2.48. The number of nitrogens with one attached hydrogen (secondary N) is 1. The van der Waals surface area contributed by atoms with Gasteiger partial charge in [-0.15, -0.1) is 0 Å². The summed E-state index contributed by atoms with van der Waals surface area (Å²) in [5, 5.41) is 2.49. The summed E-state index contributed by atoms with van der Waals surface area (Å²) in [6.07, 6.45) is -3.20. The minimum Gasteiger partial charge on any atom is -0.353 e. The standard InChI is InChI=1S/C17H17ClF3N5O/c1-11(27)25-4-6-26(7-5-25)16-9-15(22-10-23-16)24-12-2-3-14(18)13(8-12)17(19,20)21/h2-3,8-10H,4-7H2,1H3,(H,22,23,24). The molecule has 10 heteroatoms. The molecule has 0 unspecified atom stereocenters. The average Bonchev–Trinajstić information content (AvgIpc) is 2.63. The number of hydrogen-bond donors (Lipinski definition) is 1. The average molecular weight is 400 g/mol. The molecule has 27 heavy (non-hydrogen) atoms. The molecule has 0 spiro atoms. The predicted octanol–water partition coefficient (Wildman–Crippen LogP) is 3.56. The van der Waals surface area contributed by atoms with Crippen molar-refractivity contribution in [3.05, 3.63) is 41.2 Å². The number of anilines is 3. The molecule has 144 valence electrons. The summed E-state index contributed by atoms with van der Waals surface area (Å²) in [4.78, 5) is 23.4. The smallest absolute Gasteiger partial charge is 0.353 e. The number of amides is 1. The number of alkyl halides is 3. The van der Waals surface area contributed by atoms with E-state index in [1.54, 1.807) is 11.0 Å². The molecule has 1 fully saturated rings. The topological polar surface area (TPSA) is 61.4 Å². The Hall–Kier alpha value is -2.55. The Bertz CT molecular complexity index is 838. The highest BCUT2D eigenvalue weighted by molar-refractivity contribution is 6.31. The number of rotatable bonds is 3. The van der Waals surface area contributed by atoms with Crippen LogP contribution >= 0.6 is 11.6 Å². The second-order valence-corrected chi connectivity index (χ2v) is 6.48. The Morgan fingerprint density at radius 1 is 1.15 bits per heavy atom. The van der Waals surface area contributed by atoms with Crippen LogP contribution in [0, 0.1) is 0 Å². The monoisotopic (exact) mass is 399 g/mol. The summed E-state index contributed by atoms with van der Waals surface area (Å²) in [7, 11) is 0. The molecule has 1 aliphatic rings. The quantitative estimate of drug-likeness (QED) is 0.855. The number of aromatic nitrogens is 2. The molecule has 0 atom stereocenters. The molecule has 2 aromatic rings. The molecule has 1 amide bonds. The van der Waals surface area contributed by atoms with Crippen molar-refractivity contribution in [1.82, 2.24) is 14.9 Å². The SMILES string of the molecule is CC(=O)N1CCN(c2cc(Nc3ccc(Cl)c(C(F)(F)F)c3)ncn2)CC1. The van der Waals surface area contributed by atoms with Crippen LogP contribution in [0.5, 0.6) is 0 Å². The van der Waals surface area contributed by atoms with Crippen molar-refractivity contribution in [1.29, 1.82) is 0 Å². The van der Waals surface area contributed by atoms with Crippen molar-refractivity contribution < 1.29 is 18.0 Å². The molecule has 1 aliphatic heterocycles. The third-order valence-electron chi connectivity index (χ3n) is 4.25. The fraction of sp³-hybridized carbons (Fsp3) is 0.353. The maximum absolute atomic E-state index is 13.0. The first-order valence-electron chi connectivity index (χ1n) is 8.20. The van der Waals surface area contributed by atoms with Gasteiger partial charge in [0.15, 0.2) is 0 Å². The van der Waals surface area contributed by atoms with Crippen LogP contribution in [0.15, 0.2) is 30.6 Å². The molecule has 1 aromatic carbocycles. The highest BCUT2D eigenvalue weighted by atomic mass is 35.5. The van der Waals surface area contributed by atoms with E-state index in [1.807, 2.05) is 4.90 Å². The zero-order valence-corrected chi connectivity index (χ0v) is 15.2. The van der Waals surface area contributed by atoms with Gasteiger partial charge in [0, 0.05) is 44.9 Å². The Morgan fingerprint density at radius 3 is 2.48 bits per heavy atom. The summed E-state index contributed by atoms with van der Waals surface area (Å²) in [6.45, 7) is 3.95. The fourth-order valence-corrected chi connectivity index (χ4v) is 3.03. The second-order valence-electron chi connectivity index (χ2n) is 6.07. The largest absolute Gasteiger partial charge is 0.417 e. The van der Waals surface area contributed by atoms with Crippen LogP contribution in [-0.2, 0) is 11.0 Å². The van der Waals surface area contributed by atoms with Gasteiger partial charge in [-0.3, -0.25) is 4.79 Å². The van der Waals surface area contributed by atoms with E-state index in [2.05, 4.69) is 15.3 Å². The maximum atomic E-state index is 13.0. The van der Waals surface area contributed by atoms with E-state index >= 15 is 0 Å². The Labute approximate surface area is 159 Å². The normalized spacial score (nSPS) is 15.0. The Balaban J connectivity index is 1.74. The van der Waals surface area contributed by atoms with E-state index in [9.17, 15) is 18.0 Å². The van der Waals surface area contributed by atoms with Crippen LogP contribution in [0.4, 0.5) is 30.5 Å². The van der Waals surface area contributed by atoms with Gasteiger partial charge in [-0.2, -0.15) is 13.2 Å². The van der Waals surface area contributed by atoms with Crippen LogP contribution in [0.1, 0.15) is 12.5 Å². The summed E-state index contributed by atoms with van der Waals surface area (Å²) in [6, 6.07) is 5.24. The van der Waals surface area contributed by atoms with Gasteiger partial charge in [0.1, 0.15) is 18.0 Å². The lowest BCUT2D eigenvalue weighted by Gasteiger charge is -2.34. The van der Waals surface area contributed by atoms with Crippen LogP contribution in [0.3, 0.4) is 0 Å². The first kappa shape index (κ1) is 19.2. The number of piperazine rings is 1. The Morgan fingerprint density at radius 2 is 1.85 bits per heavy atom. The first-order chi connectivity index (χ1) is 12.7. The fourth-order valence-electron chi connectivity index (χ4n) is 2.81. The molecule has 0 radical (unpaired) electrons. The molecule has 1 N–H and O–H groups in total. The molecule has 1 saturated heterocycles. The number of hydrogen-bond acceptors (Lipinski definition) is 5. The number of halogens is 4. The Kier molecular flexibility index (Phi) is 5.41. The number of benzene rings is 1. The molecule has 0 saturated carbocycles. The van der Waals surface area contributed by atoms with E-state index in [4.69, 9.17) is 11.6 Å². The van der Waals surface area contributed by atoms with E-state index in [1.165, 1.54) is 25.4 Å². The lowest BCUT2D eigenvalue weighted by atomic mass is 10.2. The van der Waals surface area contributed by atoms with Crippen molar-refractivity contribution in [3.63, 3.8) is 0 Å². The maximum Gasteiger partial charge on any atom is 0.417 e. The molecular weight excluding hydrogens is 383 g/mol. The molecule has 6 nitrogen and oxygen atoms in total. The number of carbonyl (C=O) groups is 1. The van der Waals surface area contributed by atoms with Gasteiger partial charge in [0.2, 0.25) is 5.91 Å². The van der Waals surface area contributed by atoms with Crippen molar-refractivity contribution in [2.24, 2.45) is 0 Å². The van der Waals surface area contributed by atoms with Gasteiger partial charge >= 0.3 is 6.18 Å². The van der Waals surface area contributed by atoms with Crippen molar-refractivity contribution in [3.8, 4) is 0 Å². The first-order valence-corrected chi connectivity index (χ1v) is 8.58. The molecule has 2 heterocycles. The molecule has 3 rings (SSSR count). The van der Waals surface area contributed by atoms with Gasteiger partial charge in [-0.05, 0) is 18.2 Å². The van der Waals surface area contributed by atoms with Crippen LogP contribution in [-0.4, -0.2) is 47.0 Å². The third kappa shape index (κ3) is 4.60. The lowest BCUT2D eigenvalue weighted by molar-refractivity contribution is -0.137. The third-order valence-corrected chi connectivity index (χ3v) is 4.58. The van der Waals surface area contributed by atoms with E-state index in [0.717, 1.165) is 6.07 Å². The zero-order chi connectivity index (χ0) is 19.6. The van der Waals surface area contributed by atoms with E-state index in [0.29, 0.717) is 37.8 Å². The van der Waals surface area contributed by atoms with Gasteiger partial charge in [-0.1, -0.05) is 11.6 Å². The van der Waals surface area contributed by atoms with Crippen molar-refractivity contribution in [2.75, 3.05) is 36.4 Å². The molecule has 1 aromatic heterocycles. The summed E-state index contributed by atoms with van der Waals surface area (Å²) in [5.41, 5.74) is -0.693. The zero-order valence-electron chi connectivity index (χ0n) is 14.4. The van der Waals surface area contributed by atoms with Gasteiger partial charge in [-0.25, -0.2) is 9.97 Å². The summed E-state index contributed by atoms with van der Waals surface area (Å²) >= 11 is 5.64. The number of carbonyl (C=O) groups excluding carboxylic acids is 1. The molecule has 0 aliphatic carbocycles. The number of nitrogens with zero attached hydrogens (tertiary/aromatic N) is 4. The van der Waals surface area contributed by atoms with E-state index < -0.39 is 11.7 Å². The van der Waals surface area contributed by atoms with Crippen molar-refractivity contribution in [2.45, 2.75) is 13.1 Å². The molecule has 0 bridgehead atoms. The van der Waals surface area contributed by atoms with Gasteiger partial charge in [0.05, 0.1) is 10.6 Å². The van der Waals surface area contributed by atoms with Crippen molar-refractivity contribution >= 4 is 34.8 Å².